The zero-order valence-corrected chi connectivity index (χ0v) is 17.3. The molecule has 1 aliphatic rings. The van der Waals surface area contributed by atoms with E-state index in [9.17, 15) is 0 Å². The summed E-state index contributed by atoms with van der Waals surface area (Å²) in [5, 5.41) is 3.16. The summed E-state index contributed by atoms with van der Waals surface area (Å²) in [6.45, 7) is 9.85. The number of piperidine rings is 1. The molecular weight excluding hydrogens is 413 g/mol. The fourth-order valence-electron chi connectivity index (χ4n) is 3.39. The van der Waals surface area contributed by atoms with Gasteiger partial charge in [0, 0.05) is 44.5 Å². The topological polar surface area (TPSA) is 66.5 Å². The first-order valence-corrected chi connectivity index (χ1v) is 8.79. The molecular formula is C18H32IN5. The van der Waals surface area contributed by atoms with Gasteiger partial charge in [0.15, 0.2) is 5.96 Å². The van der Waals surface area contributed by atoms with Gasteiger partial charge in [-0.2, -0.15) is 0 Å². The van der Waals surface area contributed by atoms with E-state index in [1.807, 2.05) is 24.4 Å². The van der Waals surface area contributed by atoms with Crippen LogP contribution >= 0.6 is 24.0 Å². The van der Waals surface area contributed by atoms with Crippen LogP contribution in [0.4, 0.5) is 0 Å². The molecule has 0 aliphatic carbocycles. The van der Waals surface area contributed by atoms with Gasteiger partial charge >= 0.3 is 0 Å². The number of nitrogens with one attached hydrogen (secondary N) is 1. The van der Waals surface area contributed by atoms with Crippen LogP contribution in [0.1, 0.15) is 32.4 Å². The zero-order chi connectivity index (χ0) is 16.5. The Balaban J connectivity index is 0.00000288. The highest BCUT2D eigenvalue weighted by Gasteiger charge is 2.20. The third-order valence-corrected chi connectivity index (χ3v) is 4.27. The van der Waals surface area contributed by atoms with Crippen LogP contribution in [0.3, 0.4) is 0 Å². The van der Waals surface area contributed by atoms with Gasteiger partial charge < -0.3 is 16.0 Å². The lowest BCUT2D eigenvalue weighted by atomic mass is 9.92. The average molecular weight is 445 g/mol. The number of nitrogens with two attached hydrogens (primary N) is 1. The Kier molecular flexibility index (Phi) is 10.2. The summed E-state index contributed by atoms with van der Waals surface area (Å²) >= 11 is 0. The summed E-state index contributed by atoms with van der Waals surface area (Å²) in [7, 11) is 0. The van der Waals surface area contributed by atoms with Gasteiger partial charge in [-0.1, -0.05) is 19.9 Å². The third-order valence-electron chi connectivity index (χ3n) is 4.27. The maximum atomic E-state index is 5.91. The predicted octanol–water partition coefficient (Wildman–Crippen LogP) is 2.51. The first kappa shape index (κ1) is 21.2. The summed E-state index contributed by atoms with van der Waals surface area (Å²) in [5.41, 5.74) is 6.98. The monoisotopic (exact) mass is 445 g/mol. The third kappa shape index (κ3) is 8.28. The molecule has 136 valence electrons. The van der Waals surface area contributed by atoms with Gasteiger partial charge in [-0.25, -0.2) is 0 Å². The number of hydrogen-bond donors (Lipinski definition) is 2. The van der Waals surface area contributed by atoms with E-state index in [-0.39, 0.29) is 24.0 Å². The van der Waals surface area contributed by atoms with Gasteiger partial charge in [0.05, 0.1) is 0 Å². The van der Waals surface area contributed by atoms with Gasteiger partial charge in [0.1, 0.15) is 0 Å². The van der Waals surface area contributed by atoms with Crippen molar-refractivity contribution >= 4 is 29.9 Å². The summed E-state index contributed by atoms with van der Waals surface area (Å²) in [6, 6.07) is 5.95. The molecule has 2 heterocycles. The van der Waals surface area contributed by atoms with Crippen molar-refractivity contribution < 1.29 is 0 Å². The Morgan fingerprint density at radius 1 is 1.33 bits per heavy atom. The average Bonchev–Trinajstić information content (AvgIpc) is 2.52. The van der Waals surface area contributed by atoms with Crippen molar-refractivity contribution in [2.45, 2.75) is 33.1 Å². The fourth-order valence-corrected chi connectivity index (χ4v) is 3.39. The van der Waals surface area contributed by atoms with E-state index in [0.29, 0.717) is 5.96 Å². The first-order chi connectivity index (χ1) is 11.1. The molecule has 2 rings (SSSR count). The number of guanidine groups is 1. The Hall–Kier alpha value is -0.890. The molecule has 1 aromatic heterocycles. The molecule has 1 fully saturated rings. The van der Waals surface area contributed by atoms with Crippen LogP contribution in [0.15, 0.2) is 29.4 Å². The Morgan fingerprint density at radius 2 is 2.08 bits per heavy atom. The summed E-state index contributed by atoms with van der Waals surface area (Å²) in [6.07, 6.45) is 5.11. The first-order valence-electron chi connectivity index (χ1n) is 8.79. The molecule has 0 spiro atoms. The number of aromatic nitrogens is 1. The Morgan fingerprint density at radius 3 is 2.75 bits per heavy atom. The molecule has 0 aromatic carbocycles. The van der Waals surface area contributed by atoms with Crippen molar-refractivity contribution in [3.63, 3.8) is 0 Å². The summed E-state index contributed by atoms with van der Waals surface area (Å²) < 4.78 is 0. The molecule has 0 amide bonds. The second kappa shape index (κ2) is 11.6. The van der Waals surface area contributed by atoms with Crippen molar-refractivity contribution in [2.75, 3.05) is 32.7 Å². The number of halogens is 1. The van der Waals surface area contributed by atoms with Crippen molar-refractivity contribution in [2.24, 2.45) is 22.6 Å². The molecule has 5 nitrogen and oxygen atoms in total. The van der Waals surface area contributed by atoms with Crippen LogP contribution in [-0.4, -0.2) is 48.6 Å². The molecule has 1 aliphatic heterocycles. The van der Waals surface area contributed by atoms with Crippen molar-refractivity contribution in [3.05, 3.63) is 30.1 Å². The van der Waals surface area contributed by atoms with E-state index in [1.165, 1.54) is 19.5 Å². The molecule has 0 bridgehead atoms. The Labute approximate surface area is 163 Å². The predicted molar refractivity (Wildman–Crippen MR) is 112 cm³/mol. The molecule has 1 saturated heterocycles. The number of pyridine rings is 1. The maximum Gasteiger partial charge on any atom is 0.188 e. The lowest BCUT2D eigenvalue weighted by Crippen LogP contribution is -2.39. The number of aliphatic imine (C=N–C) groups is 1. The van der Waals surface area contributed by atoms with Crippen molar-refractivity contribution in [1.29, 1.82) is 0 Å². The van der Waals surface area contributed by atoms with E-state index >= 15 is 0 Å². The summed E-state index contributed by atoms with van der Waals surface area (Å²) in [5.74, 6) is 2.18. The van der Waals surface area contributed by atoms with E-state index in [1.54, 1.807) is 0 Å². The van der Waals surface area contributed by atoms with Crippen LogP contribution in [0.25, 0.3) is 0 Å². The lowest BCUT2D eigenvalue weighted by molar-refractivity contribution is 0.140. The van der Waals surface area contributed by atoms with E-state index < -0.39 is 0 Å². The quantitative estimate of drug-likeness (QED) is 0.293. The van der Waals surface area contributed by atoms with Gasteiger partial charge in [-0.15, -0.1) is 24.0 Å². The van der Waals surface area contributed by atoms with Crippen LogP contribution in [0.2, 0.25) is 0 Å². The molecule has 0 saturated carbocycles. The summed E-state index contributed by atoms with van der Waals surface area (Å²) in [4.78, 5) is 11.3. The highest BCUT2D eigenvalue weighted by atomic mass is 127. The van der Waals surface area contributed by atoms with Crippen LogP contribution < -0.4 is 11.1 Å². The zero-order valence-electron chi connectivity index (χ0n) is 14.9. The minimum atomic E-state index is 0. The van der Waals surface area contributed by atoms with Crippen LogP contribution in [-0.2, 0) is 6.42 Å². The molecule has 24 heavy (non-hydrogen) atoms. The van der Waals surface area contributed by atoms with Crippen LogP contribution in [0.5, 0.6) is 0 Å². The van der Waals surface area contributed by atoms with Crippen LogP contribution in [0, 0.1) is 11.8 Å². The molecule has 3 N–H and O–H groups in total. The fraction of sp³-hybridized carbons (Fsp3) is 0.667. The SMILES string of the molecule is CC1CC(C)CN(CCCN=C(N)NCCc2ccccn2)C1.I. The maximum absolute atomic E-state index is 5.91. The van der Waals surface area contributed by atoms with E-state index in [4.69, 9.17) is 5.73 Å². The van der Waals surface area contributed by atoms with E-state index in [2.05, 4.69) is 34.0 Å². The van der Waals surface area contributed by atoms with Gasteiger partial charge in [0.25, 0.3) is 0 Å². The second-order valence-electron chi connectivity index (χ2n) is 6.82. The normalized spacial score (nSPS) is 22.0. The Bertz CT molecular complexity index is 470. The lowest BCUT2D eigenvalue weighted by Gasteiger charge is -2.34. The number of hydrogen-bond acceptors (Lipinski definition) is 3. The van der Waals surface area contributed by atoms with Gasteiger partial charge in [-0.05, 0) is 43.4 Å². The molecule has 2 atom stereocenters. The van der Waals surface area contributed by atoms with Gasteiger partial charge in [0.2, 0.25) is 0 Å². The van der Waals surface area contributed by atoms with Crippen molar-refractivity contribution in [3.8, 4) is 0 Å². The highest BCUT2D eigenvalue weighted by molar-refractivity contribution is 14.0. The second-order valence-corrected chi connectivity index (χ2v) is 6.82. The number of likely N-dealkylation sites (tertiary alicyclic amines) is 1. The molecule has 2 unspecified atom stereocenters. The van der Waals surface area contributed by atoms with Crippen molar-refractivity contribution in [1.82, 2.24) is 15.2 Å². The highest BCUT2D eigenvalue weighted by Crippen LogP contribution is 2.20. The van der Waals surface area contributed by atoms with Gasteiger partial charge in [-0.3, -0.25) is 9.98 Å². The molecule has 0 radical (unpaired) electrons. The molecule has 1 aromatic rings. The van der Waals surface area contributed by atoms with E-state index in [0.717, 1.165) is 50.0 Å². The largest absolute Gasteiger partial charge is 0.370 e. The standard InChI is InChI=1S/C18H31N5.HI/c1-15-12-16(2)14-23(13-15)11-5-9-21-18(19)22-10-7-17-6-3-4-8-20-17;/h3-4,6,8,15-16H,5,7,9-14H2,1-2H3,(H3,19,21,22);1H. The number of nitrogens with zero attached hydrogens (tertiary/aromatic N) is 3. The number of rotatable bonds is 7. The smallest absolute Gasteiger partial charge is 0.188 e. The molecule has 6 heteroatoms. The minimum absolute atomic E-state index is 0. The minimum Gasteiger partial charge on any atom is -0.370 e.